The standard InChI is InChI=1S/C15H31NS/c1-5-12(4)11-13(6-2)16-14-9-8-10-15(14)17-7-3/h12-16H,5-11H2,1-4H3. The Morgan fingerprint density at radius 3 is 2.53 bits per heavy atom. The topological polar surface area (TPSA) is 12.0 Å². The van der Waals surface area contributed by atoms with Gasteiger partial charge in [0.1, 0.15) is 0 Å². The summed E-state index contributed by atoms with van der Waals surface area (Å²) in [7, 11) is 0. The molecule has 0 bridgehead atoms. The molecule has 1 N–H and O–H groups in total. The third-order valence-electron chi connectivity index (χ3n) is 4.16. The molecule has 0 aliphatic heterocycles. The van der Waals surface area contributed by atoms with Gasteiger partial charge in [-0.2, -0.15) is 11.8 Å². The lowest BCUT2D eigenvalue weighted by atomic mass is 9.97. The monoisotopic (exact) mass is 257 g/mol. The molecule has 0 saturated heterocycles. The van der Waals surface area contributed by atoms with Crippen LogP contribution in [0, 0.1) is 5.92 Å². The number of hydrogen-bond donors (Lipinski definition) is 1. The van der Waals surface area contributed by atoms with Gasteiger partial charge in [-0.1, -0.05) is 40.5 Å². The van der Waals surface area contributed by atoms with Crippen molar-refractivity contribution in [1.29, 1.82) is 0 Å². The summed E-state index contributed by atoms with van der Waals surface area (Å²) < 4.78 is 0. The SMILES string of the molecule is CCSC1CCCC1NC(CC)CC(C)CC. The Bertz CT molecular complexity index is 195. The largest absolute Gasteiger partial charge is 0.310 e. The smallest absolute Gasteiger partial charge is 0.0201 e. The van der Waals surface area contributed by atoms with Crippen molar-refractivity contribution in [2.45, 2.75) is 83.6 Å². The molecule has 102 valence electrons. The molecule has 4 atom stereocenters. The van der Waals surface area contributed by atoms with E-state index in [9.17, 15) is 0 Å². The lowest BCUT2D eigenvalue weighted by Gasteiger charge is -2.27. The molecule has 0 amide bonds. The zero-order chi connectivity index (χ0) is 12.7. The van der Waals surface area contributed by atoms with E-state index in [0.29, 0.717) is 0 Å². The molecule has 1 rings (SSSR count). The average Bonchev–Trinajstić information content (AvgIpc) is 2.76. The molecule has 1 aliphatic carbocycles. The molecular formula is C15H31NS. The van der Waals surface area contributed by atoms with Crippen LogP contribution in [0.3, 0.4) is 0 Å². The van der Waals surface area contributed by atoms with Gasteiger partial charge in [0.15, 0.2) is 0 Å². The fourth-order valence-corrected chi connectivity index (χ4v) is 4.05. The van der Waals surface area contributed by atoms with Crippen LogP contribution < -0.4 is 5.32 Å². The first kappa shape index (κ1) is 15.4. The number of nitrogens with one attached hydrogen (secondary N) is 1. The molecule has 1 nitrogen and oxygen atoms in total. The van der Waals surface area contributed by atoms with Crippen molar-refractivity contribution in [3.63, 3.8) is 0 Å². The number of hydrogen-bond acceptors (Lipinski definition) is 2. The van der Waals surface area contributed by atoms with Crippen LogP contribution in [0.2, 0.25) is 0 Å². The molecule has 2 heteroatoms. The van der Waals surface area contributed by atoms with Crippen molar-refractivity contribution in [2.75, 3.05) is 5.75 Å². The lowest BCUT2D eigenvalue weighted by molar-refractivity contribution is 0.351. The van der Waals surface area contributed by atoms with Crippen LogP contribution >= 0.6 is 11.8 Å². The minimum atomic E-state index is 0.744. The molecule has 0 aromatic carbocycles. The van der Waals surface area contributed by atoms with Crippen molar-refractivity contribution in [2.24, 2.45) is 5.92 Å². The highest BCUT2D eigenvalue weighted by Gasteiger charge is 2.28. The summed E-state index contributed by atoms with van der Waals surface area (Å²) in [5.41, 5.74) is 0. The zero-order valence-electron chi connectivity index (χ0n) is 12.2. The molecular weight excluding hydrogens is 226 g/mol. The van der Waals surface area contributed by atoms with E-state index in [2.05, 4.69) is 44.8 Å². The Labute approximate surface area is 113 Å². The highest BCUT2D eigenvalue weighted by Crippen LogP contribution is 2.30. The average molecular weight is 257 g/mol. The van der Waals surface area contributed by atoms with Crippen molar-refractivity contribution >= 4 is 11.8 Å². The Morgan fingerprint density at radius 2 is 1.94 bits per heavy atom. The van der Waals surface area contributed by atoms with Gasteiger partial charge >= 0.3 is 0 Å². The van der Waals surface area contributed by atoms with Gasteiger partial charge in [-0.3, -0.25) is 0 Å². The van der Waals surface area contributed by atoms with E-state index in [4.69, 9.17) is 0 Å². The van der Waals surface area contributed by atoms with Crippen molar-refractivity contribution in [1.82, 2.24) is 5.32 Å². The molecule has 1 fully saturated rings. The third-order valence-corrected chi connectivity index (χ3v) is 5.49. The van der Waals surface area contributed by atoms with E-state index in [1.54, 1.807) is 0 Å². The molecule has 0 heterocycles. The maximum atomic E-state index is 3.94. The second-order valence-corrected chi connectivity index (χ2v) is 7.07. The van der Waals surface area contributed by atoms with Crippen LogP contribution in [-0.2, 0) is 0 Å². The van der Waals surface area contributed by atoms with E-state index < -0.39 is 0 Å². The summed E-state index contributed by atoms with van der Waals surface area (Å²) in [6.07, 6.45) is 8.20. The molecule has 0 radical (unpaired) electrons. The molecule has 17 heavy (non-hydrogen) atoms. The van der Waals surface area contributed by atoms with Gasteiger partial charge < -0.3 is 5.32 Å². The lowest BCUT2D eigenvalue weighted by Crippen LogP contribution is -2.42. The molecule has 1 aliphatic rings. The maximum Gasteiger partial charge on any atom is 0.0201 e. The number of rotatable bonds is 8. The minimum absolute atomic E-state index is 0.744. The van der Waals surface area contributed by atoms with Gasteiger partial charge in [0.25, 0.3) is 0 Å². The second-order valence-electron chi connectivity index (χ2n) is 5.55. The van der Waals surface area contributed by atoms with E-state index in [0.717, 1.165) is 23.3 Å². The van der Waals surface area contributed by atoms with Gasteiger partial charge in [-0.05, 0) is 37.4 Å². The van der Waals surface area contributed by atoms with Gasteiger partial charge in [0.2, 0.25) is 0 Å². The van der Waals surface area contributed by atoms with Gasteiger partial charge in [0.05, 0.1) is 0 Å². The minimum Gasteiger partial charge on any atom is -0.310 e. The first-order chi connectivity index (χ1) is 8.21. The van der Waals surface area contributed by atoms with Crippen LogP contribution in [0.5, 0.6) is 0 Å². The van der Waals surface area contributed by atoms with Crippen molar-refractivity contribution in [3.05, 3.63) is 0 Å². The Kier molecular flexibility index (Phi) is 7.61. The highest BCUT2D eigenvalue weighted by atomic mass is 32.2. The van der Waals surface area contributed by atoms with Crippen molar-refractivity contribution in [3.8, 4) is 0 Å². The second kappa shape index (κ2) is 8.42. The van der Waals surface area contributed by atoms with Crippen LogP contribution in [-0.4, -0.2) is 23.1 Å². The molecule has 0 aromatic heterocycles. The third kappa shape index (κ3) is 5.21. The first-order valence-corrected chi connectivity index (χ1v) is 8.63. The van der Waals surface area contributed by atoms with Crippen LogP contribution in [0.4, 0.5) is 0 Å². The predicted molar refractivity (Wildman–Crippen MR) is 80.8 cm³/mol. The van der Waals surface area contributed by atoms with E-state index in [1.165, 1.54) is 44.3 Å². The zero-order valence-corrected chi connectivity index (χ0v) is 13.0. The molecule has 0 aromatic rings. The summed E-state index contributed by atoms with van der Waals surface area (Å²) >= 11 is 2.16. The van der Waals surface area contributed by atoms with Gasteiger partial charge in [-0.25, -0.2) is 0 Å². The molecule has 0 spiro atoms. The van der Waals surface area contributed by atoms with E-state index in [-0.39, 0.29) is 0 Å². The van der Waals surface area contributed by atoms with Gasteiger partial charge in [0, 0.05) is 17.3 Å². The summed E-state index contributed by atoms with van der Waals surface area (Å²) in [5.74, 6) is 2.14. The predicted octanol–water partition coefficient (Wildman–Crippen LogP) is 4.47. The Balaban J connectivity index is 2.38. The maximum absolute atomic E-state index is 3.94. The number of thioether (sulfide) groups is 1. The fourth-order valence-electron chi connectivity index (χ4n) is 2.84. The summed E-state index contributed by atoms with van der Waals surface area (Å²) in [4.78, 5) is 0. The van der Waals surface area contributed by atoms with Crippen LogP contribution in [0.1, 0.15) is 66.2 Å². The van der Waals surface area contributed by atoms with E-state index in [1.807, 2.05) is 0 Å². The first-order valence-electron chi connectivity index (χ1n) is 7.58. The van der Waals surface area contributed by atoms with Crippen LogP contribution in [0.25, 0.3) is 0 Å². The Hall–Kier alpha value is 0.310. The summed E-state index contributed by atoms with van der Waals surface area (Å²) in [6, 6.07) is 1.53. The van der Waals surface area contributed by atoms with E-state index >= 15 is 0 Å². The van der Waals surface area contributed by atoms with Gasteiger partial charge in [-0.15, -0.1) is 0 Å². The van der Waals surface area contributed by atoms with Crippen molar-refractivity contribution < 1.29 is 0 Å². The highest BCUT2D eigenvalue weighted by molar-refractivity contribution is 7.99. The van der Waals surface area contributed by atoms with Crippen LogP contribution in [0.15, 0.2) is 0 Å². The summed E-state index contributed by atoms with van der Waals surface area (Å²) in [6.45, 7) is 9.31. The Morgan fingerprint density at radius 1 is 1.18 bits per heavy atom. The quantitative estimate of drug-likeness (QED) is 0.689. The normalized spacial score (nSPS) is 28.2. The fraction of sp³-hybridized carbons (Fsp3) is 1.00. The molecule has 1 saturated carbocycles. The summed E-state index contributed by atoms with van der Waals surface area (Å²) in [5, 5.41) is 4.83. The molecule has 4 unspecified atom stereocenters.